The SMILES string of the molecule is Cc1cccc(NC(=O)[C@H]2Sc3nnc(C)n3N[C@H]2c2ccc(Cl)cc2)c1C. The third kappa shape index (κ3) is 3.47. The van der Waals surface area contributed by atoms with E-state index in [4.69, 9.17) is 11.6 Å². The van der Waals surface area contributed by atoms with Crippen LogP contribution in [0.2, 0.25) is 5.02 Å². The number of aromatic nitrogens is 3. The Bertz CT molecular complexity index is 1030. The van der Waals surface area contributed by atoms with Crippen molar-refractivity contribution in [3.05, 3.63) is 70.0 Å². The van der Waals surface area contributed by atoms with Crippen molar-refractivity contribution in [2.24, 2.45) is 0 Å². The molecule has 2 atom stereocenters. The molecule has 2 heterocycles. The summed E-state index contributed by atoms with van der Waals surface area (Å²) in [7, 11) is 0. The van der Waals surface area contributed by atoms with Gasteiger partial charge in [-0.15, -0.1) is 10.2 Å². The fraction of sp³-hybridized carbons (Fsp3) is 0.250. The van der Waals surface area contributed by atoms with Gasteiger partial charge in [0, 0.05) is 10.7 Å². The van der Waals surface area contributed by atoms with Crippen LogP contribution >= 0.6 is 23.4 Å². The van der Waals surface area contributed by atoms with Gasteiger partial charge in [0.25, 0.3) is 0 Å². The average Bonchev–Trinajstić information content (AvgIpc) is 3.05. The number of anilines is 1. The highest BCUT2D eigenvalue weighted by atomic mass is 35.5. The maximum absolute atomic E-state index is 13.2. The fourth-order valence-corrected chi connectivity index (χ4v) is 4.42. The van der Waals surface area contributed by atoms with Gasteiger partial charge in [-0.25, -0.2) is 4.68 Å². The number of carbonyl (C=O) groups excluding carboxylic acids is 1. The van der Waals surface area contributed by atoms with E-state index in [1.165, 1.54) is 11.8 Å². The molecule has 6 nitrogen and oxygen atoms in total. The largest absolute Gasteiger partial charge is 0.325 e. The number of hydrogen-bond acceptors (Lipinski definition) is 5. The molecule has 0 saturated heterocycles. The number of nitrogens with one attached hydrogen (secondary N) is 2. The summed E-state index contributed by atoms with van der Waals surface area (Å²) < 4.78 is 1.83. The quantitative estimate of drug-likeness (QED) is 0.671. The predicted octanol–water partition coefficient (Wildman–Crippen LogP) is 4.25. The van der Waals surface area contributed by atoms with E-state index >= 15 is 0 Å². The molecule has 0 radical (unpaired) electrons. The molecule has 0 spiro atoms. The number of benzene rings is 2. The van der Waals surface area contributed by atoms with Crippen LogP contribution in [0.25, 0.3) is 0 Å². The van der Waals surface area contributed by atoms with E-state index < -0.39 is 5.25 Å². The van der Waals surface area contributed by atoms with E-state index in [0.717, 1.165) is 28.2 Å². The lowest BCUT2D eigenvalue weighted by Crippen LogP contribution is -2.41. The maximum atomic E-state index is 13.2. The molecule has 0 saturated carbocycles. The molecule has 8 heteroatoms. The van der Waals surface area contributed by atoms with Crippen molar-refractivity contribution in [3.8, 4) is 0 Å². The molecule has 0 bridgehead atoms. The topological polar surface area (TPSA) is 71.8 Å². The smallest absolute Gasteiger partial charge is 0.240 e. The Morgan fingerprint density at radius 1 is 1.14 bits per heavy atom. The Morgan fingerprint density at radius 2 is 1.89 bits per heavy atom. The highest BCUT2D eigenvalue weighted by molar-refractivity contribution is 8.00. The lowest BCUT2D eigenvalue weighted by atomic mass is 10.0. The standard InChI is InChI=1S/C20H20ClN5OS/c1-11-5-4-6-16(12(11)2)22-19(27)18-17(14-7-9-15(21)10-8-14)25-26-13(3)23-24-20(26)28-18/h4-10,17-18,25H,1-3H3,(H,22,27)/t17-,18-/m0/s1. The number of nitrogens with zero attached hydrogens (tertiary/aromatic N) is 3. The molecule has 3 aromatic rings. The lowest BCUT2D eigenvalue weighted by Gasteiger charge is -2.33. The van der Waals surface area contributed by atoms with E-state index in [0.29, 0.717) is 10.2 Å². The number of rotatable bonds is 3. The average molecular weight is 414 g/mol. The summed E-state index contributed by atoms with van der Waals surface area (Å²) in [4.78, 5) is 13.2. The van der Waals surface area contributed by atoms with Gasteiger partial charge in [0.15, 0.2) is 0 Å². The summed E-state index contributed by atoms with van der Waals surface area (Å²) in [6.45, 7) is 5.91. The molecule has 1 amide bonds. The monoisotopic (exact) mass is 413 g/mol. The highest BCUT2D eigenvalue weighted by Crippen LogP contribution is 2.38. The molecule has 0 fully saturated rings. The third-order valence-electron chi connectivity index (χ3n) is 4.95. The lowest BCUT2D eigenvalue weighted by molar-refractivity contribution is -0.116. The Morgan fingerprint density at radius 3 is 2.64 bits per heavy atom. The second kappa shape index (κ2) is 7.48. The fourth-order valence-electron chi connectivity index (χ4n) is 3.17. The molecule has 0 unspecified atom stereocenters. The Labute approximate surface area is 172 Å². The summed E-state index contributed by atoms with van der Waals surface area (Å²) in [6.07, 6.45) is 0. The molecular formula is C20H20ClN5OS. The van der Waals surface area contributed by atoms with E-state index in [1.807, 2.05) is 67.9 Å². The van der Waals surface area contributed by atoms with Gasteiger partial charge in [0.2, 0.25) is 11.1 Å². The predicted molar refractivity (Wildman–Crippen MR) is 113 cm³/mol. The van der Waals surface area contributed by atoms with Gasteiger partial charge in [-0.3, -0.25) is 4.79 Å². The number of carbonyl (C=O) groups is 1. The molecule has 1 aromatic heterocycles. The minimum absolute atomic E-state index is 0.0851. The van der Waals surface area contributed by atoms with Crippen molar-refractivity contribution in [2.45, 2.75) is 37.2 Å². The molecule has 4 rings (SSSR count). The van der Waals surface area contributed by atoms with E-state index in [1.54, 1.807) is 0 Å². The minimum atomic E-state index is -0.419. The van der Waals surface area contributed by atoms with E-state index in [9.17, 15) is 4.79 Å². The Hall–Kier alpha value is -2.51. The van der Waals surface area contributed by atoms with Gasteiger partial charge in [-0.2, -0.15) is 0 Å². The Balaban J connectivity index is 1.68. The second-order valence-electron chi connectivity index (χ2n) is 6.80. The first-order valence-electron chi connectivity index (χ1n) is 8.92. The number of hydrogen-bond donors (Lipinski definition) is 2. The maximum Gasteiger partial charge on any atom is 0.240 e. The molecular weight excluding hydrogens is 394 g/mol. The van der Waals surface area contributed by atoms with Crippen molar-refractivity contribution in [1.29, 1.82) is 0 Å². The van der Waals surface area contributed by atoms with Gasteiger partial charge >= 0.3 is 0 Å². The normalized spacial score (nSPS) is 18.3. The van der Waals surface area contributed by atoms with Crippen LogP contribution in [0.1, 0.15) is 28.6 Å². The zero-order chi connectivity index (χ0) is 19.8. The van der Waals surface area contributed by atoms with Crippen LogP contribution in [0.5, 0.6) is 0 Å². The Kier molecular flexibility index (Phi) is 5.03. The van der Waals surface area contributed by atoms with E-state index in [-0.39, 0.29) is 11.9 Å². The summed E-state index contributed by atoms with van der Waals surface area (Å²) in [5.74, 6) is 0.660. The summed E-state index contributed by atoms with van der Waals surface area (Å²) >= 11 is 7.45. The summed E-state index contributed by atoms with van der Waals surface area (Å²) in [5, 5.41) is 12.3. The van der Waals surface area contributed by atoms with Crippen molar-refractivity contribution in [2.75, 3.05) is 10.7 Å². The van der Waals surface area contributed by atoms with Gasteiger partial charge in [0.05, 0.1) is 6.04 Å². The van der Waals surface area contributed by atoms with Crippen LogP contribution in [-0.2, 0) is 4.79 Å². The van der Waals surface area contributed by atoms with Crippen molar-refractivity contribution >= 4 is 35.0 Å². The van der Waals surface area contributed by atoms with Crippen molar-refractivity contribution < 1.29 is 4.79 Å². The summed E-state index contributed by atoms with van der Waals surface area (Å²) in [5.41, 5.74) is 7.38. The van der Waals surface area contributed by atoms with Crippen LogP contribution in [0, 0.1) is 20.8 Å². The van der Waals surface area contributed by atoms with Crippen molar-refractivity contribution in [3.63, 3.8) is 0 Å². The first-order valence-corrected chi connectivity index (χ1v) is 10.2. The van der Waals surface area contributed by atoms with Gasteiger partial charge in [0.1, 0.15) is 11.1 Å². The number of fused-ring (bicyclic) bond motifs is 1. The van der Waals surface area contributed by atoms with Crippen molar-refractivity contribution in [1.82, 2.24) is 14.9 Å². The van der Waals surface area contributed by atoms with Crippen LogP contribution in [0.3, 0.4) is 0 Å². The third-order valence-corrected chi connectivity index (χ3v) is 6.42. The number of amides is 1. The molecule has 2 aromatic carbocycles. The van der Waals surface area contributed by atoms with Crippen LogP contribution < -0.4 is 10.7 Å². The van der Waals surface area contributed by atoms with Gasteiger partial charge in [-0.1, -0.05) is 47.6 Å². The summed E-state index contributed by atoms with van der Waals surface area (Å²) in [6, 6.07) is 13.2. The number of halogens is 1. The van der Waals surface area contributed by atoms with Gasteiger partial charge in [-0.05, 0) is 55.7 Å². The second-order valence-corrected chi connectivity index (χ2v) is 8.34. The molecule has 144 valence electrons. The van der Waals surface area contributed by atoms with Crippen LogP contribution in [0.15, 0.2) is 47.6 Å². The molecule has 28 heavy (non-hydrogen) atoms. The minimum Gasteiger partial charge on any atom is -0.325 e. The highest BCUT2D eigenvalue weighted by Gasteiger charge is 2.37. The van der Waals surface area contributed by atoms with Crippen LogP contribution in [-0.4, -0.2) is 26.0 Å². The molecule has 0 aliphatic carbocycles. The zero-order valence-corrected chi connectivity index (χ0v) is 17.3. The first kappa shape index (κ1) is 18.8. The molecule has 1 aliphatic heterocycles. The van der Waals surface area contributed by atoms with Crippen LogP contribution in [0.4, 0.5) is 5.69 Å². The zero-order valence-electron chi connectivity index (χ0n) is 15.7. The first-order chi connectivity index (χ1) is 13.4. The van der Waals surface area contributed by atoms with E-state index in [2.05, 4.69) is 20.9 Å². The van der Waals surface area contributed by atoms with Gasteiger partial charge < -0.3 is 10.7 Å². The number of thioether (sulfide) groups is 1. The number of aryl methyl sites for hydroxylation is 2. The molecule has 1 aliphatic rings. The molecule has 2 N–H and O–H groups in total.